The largest absolute Gasteiger partial charge is 0.365 e. The van der Waals surface area contributed by atoms with E-state index in [0.29, 0.717) is 13.0 Å². The number of nitriles is 1. The number of anilines is 2. The van der Waals surface area contributed by atoms with Crippen LogP contribution in [0.3, 0.4) is 0 Å². The van der Waals surface area contributed by atoms with Crippen molar-refractivity contribution in [3.63, 3.8) is 0 Å². The number of para-hydroxylation sites is 2. The first kappa shape index (κ1) is 15.6. The van der Waals surface area contributed by atoms with Gasteiger partial charge >= 0.3 is 0 Å². The molecule has 2 aromatic carbocycles. The topological polar surface area (TPSA) is 47.3 Å². The van der Waals surface area contributed by atoms with Crippen LogP contribution in [-0.2, 0) is 4.79 Å². The van der Waals surface area contributed by atoms with E-state index in [1.807, 2.05) is 72.6 Å². The van der Waals surface area contributed by atoms with Crippen LogP contribution in [0.5, 0.6) is 0 Å². The fraction of sp³-hybridized carbons (Fsp3) is 0.222. The molecule has 0 saturated carbocycles. The summed E-state index contributed by atoms with van der Waals surface area (Å²) in [6.07, 6.45) is 0.315. The van der Waals surface area contributed by atoms with E-state index in [4.69, 9.17) is 5.26 Å². The number of amides is 1. The average Bonchev–Trinajstić information content (AvgIpc) is 2.57. The number of carbonyl (C=O) groups is 1. The molecule has 0 heterocycles. The fourth-order valence-corrected chi connectivity index (χ4v) is 2.23. The lowest BCUT2D eigenvalue weighted by atomic mass is 10.2. The van der Waals surface area contributed by atoms with Crippen molar-refractivity contribution in [2.45, 2.75) is 6.42 Å². The van der Waals surface area contributed by atoms with Gasteiger partial charge in [0.1, 0.15) is 0 Å². The zero-order valence-corrected chi connectivity index (χ0v) is 12.6. The highest BCUT2D eigenvalue weighted by Crippen LogP contribution is 2.16. The van der Waals surface area contributed by atoms with Crippen molar-refractivity contribution in [2.24, 2.45) is 0 Å². The lowest BCUT2D eigenvalue weighted by Gasteiger charge is -2.26. The van der Waals surface area contributed by atoms with Gasteiger partial charge in [0, 0.05) is 25.0 Å². The molecule has 112 valence electrons. The summed E-state index contributed by atoms with van der Waals surface area (Å²) < 4.78 is 0. The van der Waals surface area contributed by atoms with Gasteiger partial charge in [-0.25, -0.2) is 0 Å². The maximum Gasteiger partial charge on any atom is 0.246 e. The molecule has 22 heavy (non-hydrogen) atoms. The van der Waals surface area contributed by atoms with Gasteiger partial charge in [-0.05, 0) is 24.3 Å². The summed E-state index contributed by atoms with van der Waals surface area (Å²) in [5.74, 6) is -0.0206. The minimum Gasteiger partial charge on any atom is -0.365 e. The first-order valence-electron chi connectivity index (χ1n) is 7.21. The Morgan fingerprint density at radius 3 is 2.09 bits per heavy atom. The minimum atomic E-state index is -0.0206. The monoisotopic (exact) mass is 293 g/mol. The number of benzene rings is 2. The van der Waals surface area contributed by atoms with Crippen LogP contribution in [0.4, 0.5) is 11.4 Å². The summed E-state index contributed by atoms with van der Waals surface area (Å²) in [5.41, 5.74) is 1.81. The van der Waals surface area contributed by atoms with Crippen molar-refractivity contribution in [2.75, 3.05) is 29.9 Å². The average molecular weight is 293 g/mol. The molecule has 4 nitrogen and oxygen atoms in total. The minimum absolute atomic E-state index is 0.0206. The Bertz CT molecular complexity index is 634. The maximum absolute atomic E-state index is 12.6. The van der Waals surface area contributed by atoms with E-state index in [-0.39, 0.29) is 12.5 Å². The lowest BCUT2D eigenvalue weighted by Crippen LogP contribution is -2.39. The molecule has 0 atom stereocenters. The quantitative estimate of drug-likeness (QED) is 0.822. The molecule has 0 radical (unpaired) electrons. The third kappa shape index (κ3) is 4.10. The lowest BCUT2D eigenvalue weighted by molar-refractivity contribution is -0.117. The van der Waals surface area contributed by atoms with Gasteiger partial charge in [0.2, 0.25) is 5.91 Å². The Balaban J connectivity index is 2.11. The Morgan fingerprint density at radius 1 is 1.00 bits per heavy atom. The molecule has 2 aromatic rings. The van der Waals surface area contributed by atoms with Crippen LogP contribution >= 0.6 is 0 Å². The molecule has 0 fully saturated rings. The Kier molecular flexibility index (Phi) is 5.56. The molecular formula is C18H19N3O. The van der Waals surface area contributed by atoms with Gasteiger partial charge in [0.05, 0.1) is 19.0 Å². The normalized spacial score (nSPS) is 9.82. The molecule has 0 aliphatic carbocycles. The second-order valence-corrected chi connectivity index (χ2v) is 4.98. The van der Waals surface area contributed by atoms with Gasteiger partial charge in [-0.2, -0.15) is 5.26 Å². The van der Waals surface area contributed by atoms with Gasteiger partial charge in [-0.1, -0.05) is 36.4 Å². The molecule has 1 amide bonds. The van der Waals surface area contributed by atoms with Crippen LogP contribution in [0.1, 0.15) is 6.42 Å². The van der Waals surface area contributed by atoms with E-state index in [1.54, 1.807) is 4.90 Å². The molecule has 0 aromatic heterocycles. The number of nitrogens with zero attached hydrogens (tertiary/aromatic N) is 3. The predicted molar refractivity (Wildman–Crippen MR) is 88.7 cm³/mol. The number of rotatable bonds is 6. The predicted octanol–water partition coefficient (Wildman–Crippen LogP) is 3.07. The zero-order valence-electron chi connectivity index (χ0n) is 12.6. The summed E-state index contributed by atoms with van der Waals surface area (Å²) in [7, 11) is 1.89. The van der Waals surface area contributed by atoms with E-state index in [2.05, 4.69) is 6.07 Å². The van der Waals surface area contributed by atoms with Crippen molar-refractivity contribution < 1.29 is 4.79 Å². The Hall–Kier alpha value is -2.80. The van der Waals surface area contributed by atoms with Crippen LogP contribution in [0.15, 0.2) is 60.7 Å². The maximum atomic E-state index is 12.6. The summed E-state index contributed by atoms with van der Waals surface area (Å²) in [4.78, 5) is 16.2. The summed E-state index contributed by atoms with van der Waals surface area (Å²) in [6.45, 7) is 0.673. The number of hydrogen-bond donors (Lipinski definition) is 0. The van der Waals surface area contributed by atoms with Gasteiger partial charge < -0.3 is 9.80 Å². The standard InChI is InChI=1S/C18H19N3O/c1-20(16-9-4-2-5-10-16)15-18(22)21(14-8-13-19)17-11-6-3-7-12-17/h2-7,9-12H,8,14-15H2,1H3. The van der Waals surface area contributed by atoms with Crippen molar-refractivity contribution in [1.29, 1.82) is 5.26 Å². The van der Waals surface area contributed by atoms with Crippen molar-refractivity contribution >= 4 is 17.3 Å². The van der Waals surface area contributed by atoms with Crippen molar-refractivity contribution in [1.82, 2.24) is 0 Å². The second-order valence-electron chi connectivity index (χ2n) is 4.98. The smallest absolute Gasteiger partial charge is 0.246 e. The molecule has 0 N–H and O–H groups in total. The molecule has 0 bridgehead atoms. The van der Waals surface area contributed by atoms with Crippen LogP contribution in [0.25, 0.3) is 0 Å². The van der Waals surface area contributed by atoms with Crippen molar-refractivity contribution in [3.05, 3.63) is 60.7 Å². The van der Waals surface area contributed by atoms with Gasteiger partial charge in [0.25, 0.3) is 0 Å². The highest BCUT2D eigenvalue weighted by molar-refractivity contribution is 5.96. The molecular weight excluding hydrogens is 274 g/mol. The number of hydrogen-bond acceptors (Lipinski definition) is 3. The zero-order chi connectivity index (χ0) is 15.8. The van der Waals surface area contributed by atoms with E-state index < -0.39 is 0 Å². The van der Waals surface area contributed by atoms with Gasteiger partial charge in [0.15, 0.2) is 0 Å². The molecule has 2 rings (SSSR count). The number of carbonyl (C=O) groups excluding carboxylic acids is 1. The molecule has 4 heteroatoms. The fourth-order valence-electron chi connectivity index (χ4n) is 2.23. The van der Waals surface area contributed by atoms with Crippen LogP contribution < -0.4 is 9.80 Å². The van der Waals surface area contributed by atoms with E-state index >= 15 is 0 Å². The molecule has 0 aliphatic heterocycles. The molecule has 0 unspecified atom stereocenters. The third-order valence-corrected chi connectivity index (χ3v) is 3.39. The second kappa shape index (κ2) is 7.84. The van der Waals surface area contributed by atoms with Crippen LogP contribution in [0, 0.1) is 11.3 Å². The molecule has 0 aliphatic rings. The first-order chi connectivity index (χ1) is 10.7. The van der Waals surface area contributed by atoms with E-state index in [1.165, 1.54) is 0 Å². The summed E-state index contributed by atoms with van der Waals surface area (Å²) in [6, 6.07) is 21.3. The van der Waals surface area contributed by atoms with Gasteiger partial charge in [-0.3, -0.25) is 4.79 Å². The SMILES string of the molecule is CN(CC(=O)N(CCC#N)c1ccccc1)c1ccccc1. The highest BCUT2D eigenvalue weighted by atomic mass is 16.2. The van der Waals surface area contributed by atoms with Crippen molar-refractivity contribution in [3.8, 4) is 6.07 Å². The van der Waals surface area contributed by atoms with Crippen LogP contribution in [-0.4, -0.2) is 26.0 Å². The molecule has 0 spiro atoms. The Labute approximate surface area is 131 Å². The van der Waals surface area contributed by atoms with Gasteiger partial charge in [-0.15, -0.1) is 0 Å². The Morgan fingerprint density at radius 2 is 1.55 bits per heavy atom. The molecule has 0 saturated heterocycles. The third-order valence-electron chi connectivity index (χ3n) is 3.39. The summed E-state index contributed by atoms with van der Waals surface area (Å²) in [5, 5.41) is 8.81. The highest BCUT2D eigenvalue weighted by Gasteiger charge is 2.17. The van der Waals surface area contributed by atoms with E-state index in [0.717, 1.165) is 11.4 Å². The van der Waals surface area contributed by atoms with E-state index in [9.17, 15) is 4.79 Å². The van der Waals surface area contributed by atoms with Crippen LogP contribution in [0.2, 0.25) is 0 Å². The first-order valence-corrected chi connectivity index (χ1v) is 7.21. The number of likely N-dealkylation sites (N-methyl/N-ethyl adjacent to an activating group) is 1. The summed E-state index contributed by atoms with van der Waals surface area (Å²) >= 11 is 0.